The molecule has 6 heteroatoms. The lowest BCUT2D eigenvalue weighted by Crippen LogP contribution is -2.53. The van der Waals surface area contributed by atoms with Gasteiger partial charge in [0.2, 0.25) is 11.8 Å². The first-order valence-corrected chi connectivity index (χ1v) is 9.51. The Hall–Kier alpha value is -1.40. The number of carbonyl (C=O) groups is 1. The Kier molecular flexibility index (Phi) is 5.79. The Morgan fingerprint density at radius 3 is 2.56 bits per heavy atom. The van der Waals surface area contributed by atoms with E-state index < -0.39 is 0 Å². The standard InChI is InChI=1S/C19H31N3O3/c1-13(2)18-16(6-5-11-24-18)19(23)22-9-7-21(8-10-22)12-17-20-14(3)15(4)25-17/h13,16,18H,5-12H2,1-4H3/t16-,18-/m1/s1. The molecule has 0 radical (unpaired) electrons. The molecular weight excluding hydrogens is 318 g/mol. The second-order valence-corrected chi connectivity index (χ2v) is 7.68. The van der Waals surface area contributed by atoms with E-state index >= 15 is 0 Å². The molecule has 0 bridgehead atoms. The number of rotatable bonds is 4. The minimum absolute atomic E-state index is 0.0253. The van der Waals surface area contributed by atoms with Crippen molar-refractivity contribution in [2.24, 2.45) is 11.8 Å². The maximum absolute atomic E-state index is 13.0. The molecule has 2 aliphatic rings. The number of aromatic nitrogens is 1. The number of amides is 1. The predicted molar refractivity (Wildman–Crippen MR) is 95.1 cm³/mol. The van der Waals surface area contributed by atoms with E-state index in [1.165, 1.54) is 0 Å². The molecule has 0 saturated carbocycles. The molecule has 0 N–H and O–H groups in total. The molecule has 6 nitrogen and oxygen atoms in total. The zero-order chi connectivity index (χ0) is 18.0. The third kappa shape index (κ3) is 4.23. The number of oxazole rings is 1. The molecule has 2 fully saturated rings. The van der Waals surface area contributed by atoms with E-state index in [4.69, 9.17) is 9.15 Å². The summed E-state index contributed by atoms with van der Waals surface area (Å²) in [5.41, 5.74) is 0.959. The average molecular weight is 349 g/mol. The molecule has 1 amide bonds. The quantitative estimate of drug-likeness (QED) is 0.835. The Morgan fingerprint density at radius 1 is 1.24 bits per heavy atom. The number of hydrogen-bond acceptors (Lipinski definition) is 5. The van der Waals surface area contributed by atoms with Gasteiger partial charge in [-0.05, 0) is 32.6 Å². The van der Waals surface area contributed by atoms with Gasteiger partial charge in [0.15, 0.2) is 0 Å². The van der Waals surface area contributed by atoms with Gasteiger partial charge >= 0.3 is 0 Å². The lowest BCUT2D eigenvalue weighted by molar-refractivity contribution is -0.149. The van der Waals surface area contributed by atoms with Crippen LogP contribution in [-0.2, 0) is 16.1 Å². The van der Waals surface area contributed by atoms with Gasteiger partial charge in [-0.2, -0.15) is 0 Å². The van der Waals surface area contributed by atoms with Gasteiger partial charge in [-0.1, -0.05) is 13.8 Å². The summed E-state index contributed by atoms with van der Waals surface area (Å²) < 4.78 is 11.6. The van der Waals surface area contributed by atoms with Crippen molar-refractivity contribution < 1.29 is 13.9 Å². The van der Waals surface area contributed by atoms with E-state index in [9.17, 15) is 4.79 Å². The molecule has 0 spiro atoms. The van der Waals surface area contributed by atoms with Crippen molar-refractivity contribution in [1.29, 1.82) is 0 Å². The van der Waals surface area contributed by atoms with Crippen molar-refractivity contribution in [1.82, 2.24) is 14.8 Å². The normalized spacial score (nSPS) is 25.6. The summed E-state index contributed by atoms with van der Waals surface area (Å²) in [7, 11) is 0. The molecule has 2 saturated heterocycles. The molecule has 2 aliphatic heterocycles. The Labute approximate surface area is 150 Å². The van der Waals surface area contributed by atoms with Crippen LogP contribution >= 0.6 is 0 Å². The largest absolute Gasteiger partial charge is 0.444 e. The van der Waals surface area contributed by atoms with Gasteiger partial charge in [-0.25, -0.2) is 4.98 Å². The van der Waals surface area contributed by atoms with Crippen molar-refractivity contribution in [3.05, 3.63) is 17.3 Å². The van der Waals surface area contributed by atoms with Crippen LogP contribution in [0.1, 0.15) is 44.0 Å². The third-order valence-corrected chi connectivity index (χ3v) is 5.46. The van der Waals surface area contributed by atoms with Crippen LogP contribution in [0.3, 0.4) is 0 Å². The molecule has 25 heavy (non-hydrogen) atoms. The number of piperazine rings is 1. The summed E-state index contributed by atoms with van der Waals surface area (Å²) in [4.78, 5) is 21.8. The molecule has 0 aliphatic carbocycles. The van der Waals surface area contributed by atoms with Gasteiger partial charge in [-0.15, -0.1) is 0 Å². The molecule has 3 heterocycles. The SMILES string of the molecule is Cc1nc(CN2CCN(C(=O)[C@@H]3CCCO[C@@H]3C(C)C)CC2)oc1C. The highest BCUT2D eigenvalue weighted by molar-refractivity contribution is 5.79. The average Bonchev–Trinajstić information content (AvgIpc) is 2.92. The van der Waals surface area contributed by atoms with Crippen LogP contribution in [0.5, 0.6) is 0 Å². The number of aryl methyl sites for hydroxylation is 2. The minimum Gasteiger partial charge on any atom is -0.444 e. The molecule has 0 unspecified atom stereocenters. The Bertz CT molecular complexity index is 571. The van der Waals surface area contributed by atoms with Gasteiger partial charge in [0.25, 0.3) is 0 Å². The van der Waals surface area contributed by atoms with E-state index in [-0.39, 0.29) is 17.9 Å². The first kappa shape index (κ1) is 18.4. The van der Waals surface area contributed by atoms with Gasteiger partial charge in [0.1, 0.15) is 5.76 Å². The van der Waals surface area contributed by atoms with Crippen molar-refractivity contribution in [3.63, 3.8) is 0 Å². The first-order valence-electron chi connectivity index (χ1n) is 9.51. The molecule has 3 rings (SSSR count). The molecule has 0 aromatic carbocycles. The molecule has 2 atom stereocenters. The summed E-state index contributed by atoms with van der Waals surface area (Å²) >= 11 is 0. The van der Waals surface area contributed by atoms with Crippen molar-refractivity contribution in [2.45, 2.75) is 53.2 Å². The van der Waals surface area contributed by atoms with Crippen LogP contribution < -0.4 is 0 Å². The second kappa shape index (κ2) is 7.87. The van der Waals surface area contributed by atoms with Gasteiger partial charge in [-0.3, -0.25) is 9.69 Å². The predicted octanol–water partition coefficient (Wildman–Crippen LogP) is 2.39. The number of hydrogen-bond donors (Lipinski definition) is 0. The third-order valence-electron chi connectivity index (χ3n) is 5.46. The zero-order valence-corrected chi connectivity index (χ0v) is 16.0. The maximum Gasteiger partial charge on any atom is 0.228 e. The topological polar surface area (TPSA) is 58.8 Å². The summed E-state index contributed by atoms with van der Waals surface area (Å²) in [6.45, 7) is 13.0. The van der Waals surface area contributed by atoms with E-state index in [1.807, 2.05) is 18.7 Å². The minimum atomic E-state index is 0.0253. The Morgan fingerprint density at radius 2 is 1.96 bits per heavy atom. The Balaban J connectivity index is 1.53. The van der Waals surface area contributed by atoms with E-state index in [0.29, 0.717) is 5.92 Å². The van der Waals surface area contributed by atoms with Crippen molar-refractivity contribution in [2.75, 3.05) is 32.8 Å². The van der Waals surface area contributed by atoms with Crippen LogP contribution in [0.2, 0.25) is 0 Å². The summed E-state index contributed by atoms with van der Waals surface area (Å²) in [6, 6.07) is 0. The molecule has 1 aromatic rings. The van der Waals surface area contributed by atoms with Gasteiger partial charge in [0.05, 0.1) is 24.3 Å². The first-order chi connectivity index (χ1) is 12.0. The van der Waals surface area contributed by atoms with Crippen molar-refractivity contribution in [3.8, 4) is 0 Å². The van der Waals surface area contributed by atoms with Crippen LogP contribution in [-0.4, -0.2) is 59.6 Å². The smallest absolute Gasteiger partial charge is 0.228 e. The second-order valence-electron chi connectivity index (χ2n) is 7.68. The molecular formula is C19H31N3O3. The molecule has 140 valence electrons. The highest BCUT2D eigenvalue weighted by Crippen LogP contribution is 2.28. The maximum atomic E-state index is 13.0. The van der Waals surface area contributed by atoms with Gasteiger partial charge < -0.3 is 14.1 Å². The van der Waals surface area contributed by atoms with Crippen LogP contribution in [0.25, 0.3) is 0 Å². The van der Waals surface area contributed by atoms with Crippen LogP contribution in [0.4, 0.5) is 0 Å². The fourth-order valence-corrected chi connectivity index (χ4v) is 3.88. The zero-order valence-electron chi connectivity index (χ0n) is 16.0. The lowest BCUT2D eigenvalue weighted by Gasteiger charge is -2.40. The van der Waals surface area contributed by atoms with Crippen LogP contribution in [0.15, 0.2) is 4.42 Å². The summed E-state index contributed by atoms with van der Waals surface area (Å²) in [5.74, 6) is 2.35. The monoisotopic (exact) mass is 349 g/mol. The number of ether oxygens (including phenoxy) is 1. The highest BCUT2D eigenvalue weighted by atomic mass is 16.5. The number of carbonyl (C=O) groups excluding carboxylic acids is 1. The van der Waals surface area contributed by atoms with Crippen molar-refractivity contribution >= 4 is 5.91 Å². The van der Waals surface area contributed by atoms with E-state index in [1.54, 1.807) is 0 Å². The van der Waals surface area contributed by atoms with Gasteiger partial charge in [0, 0.05) is 32.8 Å². The van der Waals surface area contributed by atoms with E-state index in [0.717, 1.165) is 69.5 Å². The summed E-state index contributed by atoms with van der Waals surface area (Å²) in [5, 5.41) is 0. The molecule has 1 aromatic heterocycles. The fraction of sp³-hybridized carbons (Fsp3) is 0.789. The van der Waals surface area contributed by atoms with E-state index in [2.05, 4.69) is 23.7 Å². The highest BCUT2D eigenvalue weighted by Gasteiger charge is 2.37. The number of nitrogens with zero attached hydrogens (tertiary/aromatic N) is 3. The summed E-state index contributed by atoms with van der Waals surface area (Å²) in [6.07, 6.45) is 2.01. The van der Waals surface area contributed by atoms with Crippen LogP contribution in [0, 0.1) is 25.7 Å². The lowest BCUT2D eigenvalue weighted by atomic mass is 9.86. The fourth-order valence-electron chi connectivity index (χ4n) is 3.88.